The van der Waals surface area contributed by atoms with E-state index >= 15 is 0 Å². The van der Waals surface area contributed by atoms with E-state index in [0.29, 0.717) is 5.56 Å². The number of guanidine groups is 1. The molecule has 21 heavy (non-hydrogen) atoms. The van der Waals surface area contributed by atoms with Gasteiger partial charge in [-0.15, -0.1) is 0 Å². The number of benzene rings is 2. The SMILES string of the molecule is NC(=NCc1cccc(S(N)(=O)=O)c1)Nc1ccccc1. The van der Waals surface area contributed by atoms with E-state index in [-0.39, 0.29) is 17.4 Å². The monoisotopic (exact) mass is 304 g/mol. The Kier molecular flexibility index (Phi) is 4.56. The van der Waals surface area contributed by atoms with Crippen molar-refractivity contribution in [1.82, 2.24) is 0 Å². The molecule has 0 heterocycles. The minimum absolute atomic E-state index is 0.0600. The van der Waals surface area contributed by atoms with Crippen molar-refractivity contribution in [3.05, 3.63) is 60.2 Å². The molecule has 0 aliphatic heterocycles. The van der Waals surface area contributed by atoms with Crippen molar-refractivity contribution >= 4 is 21.7 Å². The molecular formula is C14H16N4O2S. The van der Waals surface area contributed by atoms with E-state index in [1.165, 1.54) is 12.1 Å². The van der Waals surface area contributed by atoms with Crippen molar-refractivity contribution in [3.63, 3.8) is 0 Å². The Morgan fingerprint density at radius 3 is 2.48 bits per heavy atom. The fraction of sp³-hybridized carbons (Fsp3) is 0.0714. The summed E-state index contributed by atoms with van der Waals surface area (Å²) in [6.07, 6.45) is 0. The highest BCUT2D eigenvalue weighted by atomic mass is 32.2. The highest BCUT2D eigenvalue weighted by Crippen LogP contribution is 2.11. The number of hydrogen-bond donors (Lipinski definition) is 3. The van der Waals surface area contributed by atoms with Gasteiger partial charge in [0.25, 0.3) is 0 Å². The number of nitrogens with two attached hydrogens (primary N) is 2. The molecule has 7 heteroatoms. The summed E-state index contributed by atoms with van der Waals surface area (Å²) in [5.41, 5.74) is 7.31. The summed E-state index contributed by atoms with van der Waals surface area (Å²) in [4.78, 5) is 4.22. The number of hydrogen-bond acceptors (Lipinski definition) is 3. The molecule has 6 nitrogen and oxygen atoms in total. The summed E-state index contributed by atoms with van der Waals surface area (Å²) in [5.74, 6) is 0.252. The number of rotatable bonds is 4. The molecule has 0 aliphatic rings. The van der Waals surface area contributed by atoms with E-state index in [4.69, 9.17) is 10.9 Å². The number of aliphatic imine (C=N–C) groups is 1. The number of primary sulfonamides is 1. The minimum Gasteiger partial charge on any atom is -0.370 e. The zero-order valence-corrected chi connectivity index (χ0v) is 12.0. The summed E-state index contributed by atoms with van der Waals surface area (Å²) < 4.78 is 22.5. The first-order valence-corrected chi connectivity index (χ1v) is 7.73. The van der Waals surface area contributed by atoms with E-state index in [1.54, 1.807) is 12.1 Å². The minimum atomic E-state index is -3.71. The lowest BCUT2D eigenvalue weighted by atomic mass is 10.2. The molecule has 0 bridgehead atoms. The third-order valence-electron chi connectivity index (χ3n) is 2.71. The van der Waals surface area contributed by atoms with E-state index in [0.717, 1.165) is 5.69 Å². The Hall–Kier alpha value is -2.38. The molecule has 2 aromatic carbocycles. The lowest BCUT2D eigenvalue weighted by Crippen LogP contribution is -2.22. The van der Waals surface area contributed by atoms with Gasteiger partial charge in [0.05, 0.1) is 11.4 Å². The lowest BCUT2D eigenvalue weighted by molar-refractivity contribution is 0.597. The first kappa shape index (κ1) is 15.0. The first-order valence-electron chi connectivity index (χ1n) is 6.19. The largest absolute Gasteiger partial charge is 0.370 e. The van der Waals surface area contributed by atoms with E-state index in [1.807, 2.05) is 30.3 Å². The summed E-state index contributed by atoms with van der Waals surface area (Å²) in [6.45, 7) is 0.259. The van der Waals surface area contributed by atoms with Crippen LogP contribution in [0, 0.1) is 0 Å². The Balaban J connectivity index is 2.07. The molecule has 0 saturated heterocycles. The van der Waals surface area contributed by atoms with Crippen molar-refractivity contribution in [1.29, 1.82) is 0 Å². The molecule has 0 atom stereocenters. The number of sulfonamides is 1. The maximum atomic E-state index is 11.3. The second-order valence-corrected chi connectivity index (χ2v) is 5.95. The van der Waals surface area contributed by atoms with Crippen LogP contribution in [-0.2, 0) is 16.6 Å². The van der Waals surface area contributed by atoms with Gasteiger partial charge in [0, 0.05) is 5.69 Å². The van der Waals surface area contributed by atoms with Gasteiger partial charge in [-0.25, -0.2) is 18.5 Å². The molecular weight excluding hydrogens is 288 g/mol. The molecule has 0 amide bonds. The summed E-state index contributed by atoms with van der Waals surface area (Å²) >= 11 is 0. The number of nitrogens with one attached hydrogen (secondary N) is 1. The molecule has 0 aliphatic carbocycles. The highest BCUT2D eigenvalue weighted by molar-refractivity contribution is 7.89. The van der Waals surface area contributed by atoms with E-state index < -0.39 is 10.0 Å². The van der Waals surface area contributed by atoms with Crippen LogP contribution >= 0.6 is 0 Å². The molecule has 0 unspecified atom stereocenters. The van der Waals surface area contributed by atoms with Crippen LogP contribution in [0.3, 0.4) is 0 Å². The van der Waals surface area contributed by atoms with Gasteiger partial charge in [0.15, 0.2) is 5.96 Å². The summed E-state index contributed by atoms with van der Waals surface area (Å²) in [6, 6.07) is 15.7. The zero-order valence-electron chi connectivity index (χ0n) is 11.2. The molecule has 0 radical (unpaired) electrons. The zero-order chi connectivity index (χ0) is 15.3. The van der Waals surface area contributed by atoms with Gasteiger partial charge in [0.2, 0.25) is 10.0 Å². The third-order valence-corrected chi connectivity index (χ3v) is 3.62. The predicted molar refractivity (Wildman–Crippen MR) is 83.2 cm³/mol. The van der Waals surface area contributed by atoms with Crippen LogP contribution in [0.2, 0.25) is 0 Å². The fourth-order valence-corrected chi connectivity index (χ4v) is 2.29. The van der Waals surface area contributed by atoms with Crippen LogP contribution in [-0.4, -0.2) is 14.4 Å². The normalized spacial score (nSPS) is 12.1. The molecule has 2 aromatic rings. The Labute approximate surface area is 123 Å². The molecule has 110 valence electrons. The lowest BCUT2D eigenvalue weighted by Gasteiger charge is -2.05. The van der Waals surface area contributed by atoms with Gasteiger partial charge in [-0.05, 0) is 29.8 Å². The molecule has 0 spiro atoms. The number of nitrogens with zero attached hydrogens (tertiary/aromatic N) is 1. The van der Waals surface area contributed by atoms with Crippen LogP contribution in [0.5, 0.6) is 0 Å². The van der Waals surface area contributed by atoms with Crippen LogP contribution < -0.4 is 16.2 Å². The fourth-order valence-electron chi connectivity index (χ4n) is 1.71. The van der Waals surface area contributed by atoms with Crippen LogP contribution in [0.4, 0.5) is 5.69 Å². The number of anilines is 1. The van der Waals surface area contributed by atoms with Crippen LogP contribution in [0.15, 0.2) is 64.5 Å². The van der Waals surface area contributed by atoms with Gasteiger partial charge >= 0.3 is 0 Å². The van der Waals surface area contributed by atoms with Crippen molar-refractivity contribution in [2.75, 3.05) is 5.32 Å². The second-order valence-electron chi connectivity index (χ2n) is 4.38. The summed E-state index contributed by atoms with van der Waals surface area (Å²) in [7, 11) is -3.71. The van der Waals surface area contributed by atoms with Gasteiger partial charge in [0.1, 0.15) is 0 Å². The van der Waals surface area contributed by atoms with Crippen molar-refractivity contribution in [2.45, 2.75) is 11.4 Å². The van der Waals surface area contributed by atoms with Gasteiger partial charge in [-0.1, -0.05) is 30.3 Å². The molecule has 0 fully saturated rings. The molecule has 0 saturated carbocycles. The van der Waals surface area contributed by atoms with Gasteiger partial charge in [-0.2, -0.15) is 0 Å². The summed E-state index contributed by atoms with van der Waals surface area (Å²) in [5, 5.41) is 8.02. The molecule has 2 rings (SSSR count). The second kappa shape index (κ2) is 6.38. The third kappa shape index (κ3) is 4.59. The Morgan fingerprint density at radius 2 is 1.81 bits per heavy atom. The average Bonchev–Trinajstić information content (AvgIpc) is 2.46. The first-order chi connectivity index (χ1) is 9.95. The van der Waals surface area contributed by atoms with Crippen molar-refractivity contribution in [3.8, 4) is 0 Å². The Bertz CT molecular complexity index is 743. The smallest absolute Gasteiger partial charge is 0.238 e. The standard InChI is InChI=1S/C14H16N4O2S/c15-14(18-12-6-2-1-3-7-12)17-10-11-5-4-8-13(9-11)21(16,19)20/h1-9H,10H2,(H3,15,17,18)(H2,16,19,20). The maximum absolute atomic E-state index is 11.3. The highest BCUT2D eigenvalue weighted by Gasteiger charge is 2.07. The predicted octanol–water partition coefficient (Wildman–Crippen LogP) is 1.26. The van der Waals surface area contributed by atoms with Crippen molar-refractivity contribution < 1.29 is 8.42 Å². The van der Waals surface area contributed by atoms with Crippen LogP contribution in [0.1, 0.15) is 5.56 Å². The topological polar surface area (TPSA) is 111 Å². The number of para-hydroxylation sites is 1. The van der Waals surface area contributed by atoms with Crippen molar-refractivity contribution in [2.24, 2.45) is 15.9 Å². The van der Waals surface area contributed by atoms with E-state index in [2.05, 4.69) is 10.3 Å². The van der Waals surface area contributed by atoms with Crippen LogP contribution in [0.25, 0.3) is 0 Å². The van der Waals surface area contributed by atoms with Gasteiger partial charge < -0.3 is 11.1 Å². The molecule has 0 aromatic heterocycles. The van der Waals surface area contributed by atoms with Gasteiger partial charge in [-0.3, -0.25) is 0 Å². The maximum Gasteiger partial charge on any atom is 0.238 e. The Morgan fingerprint density at radius 1 is 1.10 bits per heavy atom. The quantitative estimate of drug-likeness (QED) is 0.583. The average molecular weight is 304 g/mol. The van der Waals surface area contributed by atoms with E-state index in [9.17, 15) is 8.42 Å². The molecule has 5 N–H and O–H groups in total.